The zero-order valence-electron chi connectivity index (χ0n) is 11.7. The van der Waals surface area contributed by atoms with Crippen molar-refractivity contribution in [1.82, 2.24) is 0 Å². The van der Waals surface area contributed by atoms with E-state index < -0.39 is 0 Å². The van der Waals surface area contributed by atoms with E-state index in [-0.39, 0.29) is 6.10 Å². The summed E-state index contributed by atoms with van der Waals surface area (Å²) in [5.41, 5.74) is 3.40. The molecule has 2 rings (SSSR count). The van der Waals surface area contributed by atoms with E-state index in [1.165, 1.54) is 30.4 Å². The number of hydrogen-bond donors (Lipinski definition) is 1. The van der Waals surface area contributed by atoms with Crippen LogP contribution in [0.5, 0.6) is 5.75 Å². The van der Waals surface area contributed by atoms with Crippen LogP contribution in [0.3, 0.4) is 0 Å². The van der Waals surface area contributed by atoms with Crippen molar-refractivity contribution in [2.45, 2.75) is 52.1 Å². The predicted octanol–water partition coefficient (Wildman–Crippen LogP) is 3.93. The molecule has 0 heterocycles. The van der Waals surface area contributed by atoms with Crippen molar-refractivity contribution >= 4 is 0 Å². The highest BCUT2D eigenvalue weighted by atomic mass is 16.5. The van der Waals surface area contributed by atoms with Gasteiger partial charge in [0.1, 0.15) is 5.75 Å². The van der Waals surface area contributed by atoms with Gasteiger partial charge in [-0.25, -0.2) is 0 Å². The number of ether oxygens (including phenoxy) is 1. The quantitative estimate of drug-likeness (QED) is 0.878. The lowest BCUT2D eigenvalue weighted by Gasteiger charge is -2.28. The van der Waals surface area contributed by atoms with Crippen LogP contribution in [0, 0.1) is 19.8 Å². The average Bonchev–Trinajstić information content (AvgIpc) is 2.41. The summed E-state index contributed by atoms with van der Waals surface area (Å²) in [5, 5.41) is 10.6. The second-order valence-corrected chi connectivity index (χ2v) is 5.52. The molecule has 1 fully saturated rings. The van der Waals surface area contributed by atoms with Crippen LogP contribution in [0.1, 0.15) is 54.9 Å². The predicted molar refractivity (Wildman–Crippen MR) is 74.0 cm³/mol. The van der Waals surface area contributed by atoms with E-state index in [2.05, 4.69) is 19.9 Å². The molecule has 0 bridgehead atoms. The molecule has 0 radical (unpaired) electrons. The molecule has 1 N–H and O–H groups in total. The zero-order valence-corrected chi connectivity index (χ0v) is 11.7. The Morgan fingerprint density at radius 1 is 1.11 bits per heavy atom. The summed E-state index contributed by atoms with van der Waals surface area (Å²) in [6.07, 6.45) is 5.70. The molecule has 2 nitrogen and oxygen atoms in total. The van der Waals surface area contributed by atoms with Crippen LogP contribution in [0.4, 0.5) is 0 Å². The second-order valence-electron chi connectivity index (χ2n) is 5.52. The zero-order chi connectivity index (χ0) is 13.1. The van der Waals surface area contributed by atoms with Gasteiger partial charge in [0, 0.05) is 5.56 Å². The van der Waals surface area contributed by atoms with Gasteiger partial charge >= 0.3 is 0 Å². The maximum Gasteiger partial charge on any atom is 0.124 e. The highest BCUT2D eigenvalue weighted by Gasteiger charge is 2.25. The Kier molecular flexibility index (Phi) is 4.28. The summed E-state index contributed by atoms with van der Waals surface area (Å²) in [7, 11) is 1.68. The number of aliphatic hydroxyl groups excluding tert-OH is 1. The number of aryl methyl sites for hydroxylation is 2. The summed E-state index contributed by atoms with van der Waals surface area (Å²) in [6, 6.07) is 4.13. The molecule has 0 aromatic heterocycles. The van der Waals surface area contributed by atoms with Crippen molar-refractivity contribution in [2.24, 2.45) is 5.92 Å². The fourth-order valence-corrected chi connectivity index (χ4v) is 2.92. The molecule has 1 unspecified atom stereocenters. The van der Waals surface area contributed by atoms with Crippen molar-refractivity contribution in [3.8, 4) is 5.75 Å². The van der Waals surface area contributed by atoms with Crippen LogP contribution in [0.2, 0.25) is 0 Å². The molecule has 1 atom stereocenters. The van der Waals surface area contributed by atoms with Gasteiger partial charge in [-0.1, -0.05) is 19.3 Å². The van der Waals surface area contributed by atoms with Crippen LogP contribution in [0.15, 0.2) is 12.1 Å². The Bertz CT molecular complexity index is 406. The topological polar surface area (TPSA) is 29.5 Å². The minimum absolute atomic E-state index is 0.375. The van der Waals surface area contributed by atoms with Gasteiger partial charge < -0.3 is 9.84 Å². The number of aliphatic hydroxyl groups is 1. The molecule has 1 aliphatic carbocycles. The lowest BCUT2D eigenvalue weighted by molar-refractivity contribution is 0.0824. The Hall–Kier alpha value is -1.02. The fraction of sp³-hybridized carbons (Fsp3) is 0.625. The third kappa shape index (κ3) is 2.69. The monoisotopic (exact) mass is 248 g/mol. The SMILES string of the molecule is COc1cc(C)c(C)cc1C(O)C1CCCCC1. The third-order valence-electron chi connectivity index (χ3n) is 4.26. The smallest absolute Gasteiger partial charge is 0.124 e. The first-order valence-electron chi connectivity index (χ1n) is 6.96. The molecular formula is C16H24O2. The van der Waals surface area contributed by atoms with Crippen molar-refractivity contribution < 1.29 is 9.84 Å². The number of methoxy groups -OCH3 is 1. The van der Waals surface area contributed by atoms with Gasteiger partial charge in [0.25, 0.3) is 0 Å². The first kappa shape index (κ1) is 13.4. The Balaban J connectivity index is 2.27. The van der Waals surface area contributed by atoms with Gasteiger partial charge in [0.2, 0.25) is 0 Å². The van der Waals surface area contributed by atoms with Crippen molar-refractivity contribution in [1.29, 1.82) is 0 Å². The maximum absolute atomic E-state index is 10.6. The Morgan fingerprint density at radius 2 is 1.72 bits per heavy atom. The third-order valence-corrected chi connectivity index (χ3v) is 4.26. The summed E-state index contributed by atoms with van der Waals surface area (Å²) in [4.78, 5) is 0. The van der Waals surface area contributed by atoms with E-state index in [1.54, 1.807) is 7.11 Å². The van der Waals surface area contributed by atoms with Crippen molar-refractivity contribution in [3.05, 3.63) is 28.8 Å². The largest absolute Gasteiger partial charge is 0.496 e. The van der Waals surface area contributed by atoms with Crippen LogP contribution in [-0.4, -0.2) is 12.2 Å². The molecule has 18 heavy (non-hydrogen) atoms. The van der Waals surface area contributed by atoms with E-state index in [9.17, 15) is 5.11 Å². The lowest BCUT2D eigenvalue weighted by Crippen LogP contribution is -2.17. The van der Waals surface area contributed by atoms with Crippen molar-refractivity contribution in [2.75, 3.05) is 7.11 Å². The molecule has 1 saturated carbocycles. The van der Waals surface area contributed by atoms with Gasteiger partial charge in [-0.2, -0.15) is 0 Å². The van der Waals surface area contributed by atoms with Crippen LogP contribution >= 0.6 is 0 Å². The fourth-order valence-electron chi connectivity index (χ4n) is 2.92. The average molecular weight is 248 g/mol. The Morgan fingerprint density at radius 3 is 2.33 bits per heavy atom. The van der Waals surface area contributed by atoms with Gasteiger partial charge in [-0.15, -0.1) is 0 Å². The minimum Gasteiger partial charge on any atom is -0.496 e. The minimum atomic E-state index is -0.375. The maximum atomic E-state index is 10.6. The molecule has 1 aromatic rings. The molecule has 0 saturated heterocycles. The number of benzene rings is 1. The van der Waals surface area contributed by atoms with E-state index in [0.717, 1.165) is 24.2 Å². The van der Waals surface area contributed by atoms with Crippen LogP contribution < -0.4 is 4.74 Å². The molecule has 100 valence electrons. The van der Waals surface area contributed by atoms with Crippen LogP contribution in [0.25, 0.3) is 0 Å². The molecule has 1 aromatic carbocycles. The van der Waals surface area contributed by atoms with Gasteiger partial charge in [-0.3, -0.25) is 0 Å². The number of rotatable bonds is 3. The lowest BCUT2D eigenvalue weighted by atomic mass is 9.82. The number of hydrogen-bond acceptors (Lipinski definition) is 2. The van der Waals surface area contributed by atoms with E-state index in [1.807, 2.05) is 6.07 Å². The Labute approximate surface area is 110 Å². The van der Waals surface area contributed by atoms with E-state index in [0.29, 0.717) is 5.92 Å². The van der Waals surface area contributed by atoms with E-state index in [4.69, 9.17) is 4.74 Å². The van der Waals surface area contributed by atoms with Gasteiger partial charge in [0.15, 0.2) is 0 Å². The first-order chi connectivity index (χ1) is 8.63. The highest BCUT2D eigenvalue weighted by molar-refractivity contribution is 5.43. The summed E-state index contributed by atoms with van der Waals surface area (Å²) in [6.45, 7) is 4.17. The molecule has 2 heteroatoms. The molecule has 1 aliphatic rings. The summed E-state index contributed by atoms with van der Waals surface area (Å²) in [5.74, 6) is 1.23. The summed E-state index contributed by atoms with van der Waals surface area (Å²) < 4.78 is 5.43. The molecule has 0 amide bonds. The standard InChI is InChI=1S/C16H24O2/c1-11-9-14(15(18-3)10-12(11)2)16(17)13-7-5-4-6-8-13/h9-10,13,16-17H,4-8H2,1-3H3. The van der Waals surface area contributed by atoms with Gasteiger partial charge in [-0.05, 0) is 55.9 Å². The van der Waals surface area contributed by atoms with Crippen molar-refractivity contribution in [3.63, 3.8) is 0 Å². The van der Waals surface area contributed by atoms with Gasteiger partial charge in [0.05, 0.1) is 13.2 Å². The molecular weight excluding hydrogens is 224 g/mol. The highest BCUT2D eigenvalue weighted by Crippen LogP contribution is 2.38. The van der Waals surface area contributed by atoms with Crippen LogP contribution in [-0.2, 0) is 0 Å². The second kappa shape index (κ2) is 5.75. The molecule has 0 spiro atoms. The van der Waals surface area contributed by atoms with E-state index >= 15 is 0 Å². The molecule has 0 aliphatic heterocycles. The summed E-state index contributed by atoms with van der Waals surface area (Å²) >= 11 is 0. The first-order valence-corrected chi connectivity index (χ1v) is 6.96. The normalized spacial score (nSPS) is 18.7.